The van der Waals surface area contributed by atoms with Crippen LogP contribution in [0.4, 0.5) is 0 Å². The van der Waals surface area contributed by atoms with E-state index in [2.05, 4.69) is 9.71 Å². The topological polar surface area (TPSA) is 82.2 Å². The molecule has 3 N–H and O–H groups in total. The number of rotatable bonds is 4. The number of hydrogen-bond acceptors (Lipinski definition) is 3. The Balaban J connectivity index is 1.51. The van der Waals surface area contributed by atoms with Crippen molar-refractivity contribution >= 4 is 10.0 Å². The second-order valence-corrected chi connectivity index (χ2v) is 7.87. The lowest BCUT2D eigenvalue weighted by Gasteiger charge is -2.10. The van der Waals surface area contributed by atoms with Gasteiger partial charge in [0.1, 0.15) is 0 Å². The van der Waals surface area contributed by atoms with Crippen molar-refractivity contribution in [2.24, 2.45) is 23.7 Å². The molecule has 1 aromatic rings. The predicted molar refractivity (Wildman–Crippen MR) is 68.6 cm³/mol. The first-order valence-corrected chi connectivity index (χ1v) is 8.39. The monoisotopic (exact) mass is 282 g/mol. The molecule has 1 aromatic heterocycles. The minimum absolute atomic E-state index is 0.156. The lowest BCUT2D eigenvalue weighted by Crippen LogP contribution is -2.29. The number of aromatic nitrogens is 1. The molecule has 4 atom stereocenters. The van der Waals surface area contributed by atoms with Crippen molar-refractivity contribution in [3.05, 3.63) is 18.0 Å². The standard InChI is InChI=1S/C13H18N2O3S/c16-6-9-4-10(5-14-9)19(17,18)15-13-11-7-1-2-8(3-7)12(11)13/h4-5,7-8,11-16H,1-3,6H2. The second kappa shape index (κ2) is 3.84. The van der Waals surface area contributed by atoms with Gasteiger partial charge < -0.3 is 10.1 Å². The van der Waals surface area contributed by atoms with Crippen molar-refractivity contribution in [1.82, 2.24) is 9.71 Å². The van der Waals surface area contributed by atoms with Gasteiger partial charge in [0.15, 0.2) is 0 Å². The maximum atomic E-state index is 12.3. The SMILES string of the molecule is O=S(=O)(NC1C2C3CCC(C3)C12)c1c[nH]c(CO)c1. The molecule has 3 aliphatic carbocycles. The van der Waals surface area contributed by atoms with Crippen molar-refractivity contribution in [2.45, 2.75) is 36.8 Å². The molecule has 0 spiro atoms. The number of H-pyrrole nitrogens is 1. The van der Waals surface area contributed by atoms with Crippen LogP contribution in [0.15, 0.2) is 17.2 Å². The Hall–Kier alpha value is -0.850. The maximum absolute atomic E-state index is 12.3. The summed E-state index contributed by atoms with van der Waals surface area (Å²) in [6.07, 6.45) is 5.32. The first-order valence-electron chi connectivity index (χ1n) is 6.90. The van der Waals surface area contributed by atoms with E-state index in [9.17, 15) is 8.42 Å². The Bertz CT molecular complexity index is 593. The van der Waals surface area contributed by atoms with Crippen LogP contribution in [-0.2, 0) is 16.6 Å². The highest BCUT2D eigenvalue weighted by Gasteiger charge is 2.65. The zero-order chi connectivity index (χ0) is 13.2. The fourth-order valence-corrected chi connectivity index (χ4v) is 5.72. The van der Waals surface area contributed by atoms with Gasteiger partial charge in [0.05, 0.1) is 11.5 Å². The summed E-state index contributed by atoms with van der Waals surface area (Å²) < 4.78 is 27.4. The molecule has 0 amide bonds. The van der Waals surface area contributed by atoms with Gasteiger partial charge in [-0.05, 0) is 49.0 Å². The summed E-state index contributed by atoms with van der Waals surface area (Å²) in [4.78, 5) is 3.00. The van der Waals surface area contributed by atoms with Gasteiger partial charge in [-0.3, -0.25) is 0 Å². The van der Waals surface area contributed by atoms with Gasteiger partial charge in [-0.25, -0.2) is 13.1 Å². The molecule has 5 nitrogen and oxygen atoms in total. The normalized spacial score (nSPS) is 39.5. The molecule has 0 aliphatic heterocycles. The zero-order valence-corrected chi connectivity index (χ0v) is 11.4. The fraction of sp³-hybridized carbons (Fsp3) is 0.692. The average molecular weight is 282 g/mol. The molecule has 3 fully saturated rings. The molecular formula is C13H18N2O3S. The number of fused-ring (bicyclic) bond motifs is 5. The number of aliphatic hydroxyl groups is 1. The van der Waals surface area contributed by atoms with Gasteiger partial charge in [0, 0.05) is 17.9 Å². The number of hydrogen-bond donors (Lipinski definition) is 3. The molecular weight excluding hydrogens is 264 g/mol. The lowest BCUT2D eigenvalue weighted by molar-refractivity contribution is 0.277. The third-order valence-corrected chi connectivity index (χ3v) is 6.66. The van der Waals surface area contributed by atoms with Crippen LogP contribution in [0.25, 0.3) is 0 Å². The van der Waals surface area contributed by atoms with Crippen molar-refractivity contribution in [1.29, 1.82) is 0 Å². The number of aromatic amines is 1. The summed E-state index contributed by atoms with van der Waals surface area (Å²) in [7, 11) is -3.44. The largest absolute Gasteiger partial charge is 0.390 e. The van der Waals surface area contributed by atoms with Gasteiger partial charge >= 0.3 is 0 Å². The van der Waals surface area contributed by atoms with Crippen LogP contribution in [0, 0.1) is 23.7 Å². The van der Waals surface area contributed by atoms with E-state index in [4.69, 9.17) is 5.11 Å². The van der Waals surface area contributed by atoms with E-state index < -0.39 is 10.0 Å². The predicted octanol–water partition coefficient (Wildman–Crippen LogP) is 0.830. The molecule has 2 bridgehead atoms. The van der Waals surface area contributed by atoms with E-state index in [1.807, 2.05) is 0 Å². The van der Waals surface area contributed by atoms with E-state index in [1.54, 1.807) is 0 Å². The Labute approximate surface area is 112 Å². The highest BCUT2D eigenvalue weighted by molar-refractivity contribution is 7.89. The molecule has 104 valence electrons. The van der Waals surface area contributed by atoms with Gasteiger partial charge in [0.2, 0.25) is 10.0 Å². The van der Waals surface area contributed by atoms with E-state index >= 15 is 0 Å². The zero-order valence-electron chi connectivity index (χ0n) is 10.5. The Morgan fingerprint density at radius 2 is 2.00 bits per heavy atom. The molecule has 0 radical (unpaired) electrons. The lowest BCUT2D eigenvalue weighted by atomic mass is 10.0. The van der Waals surface area contributed by atoms with Crippen molar-refractivity contribution in [3.8, 4) is 0 Å². The van der Waals surface area contributed by atoms with Gasteiger partial charge in [0.25, 0.3) is 0 Å². The second-order valence-electron chi connectivity index (χ2n) is 6.15. The minimum Gasteiger partial charge on any atom is -0.390 e. The first-order chi connectivity index (χ1) is 9.10. The van der Waals surface area contributed by atoms with Gasteiger partial charge in [-0.15, -0.1) is 0 Å². The van der Waals surface area contributed by atoms with Crippen molar-refractivity contribution < 1.29 is 13.5 Å². The van der Waals surface area contributed by atoms with E-state index in [1.165, 1.54) is 31.5 Å². The molecule has 3 aliphatic rings. The van der Waals surface area contributed by atoms with Crippen LogP contribution < -0.4 is 4.72 Å². The summed E-state index contributed by atoms with van der Waals surface area (Å²) >= 11 is 0. The molecule has 19 heavy (non-hydrogen) atoms. The quantitative estimate of drug-likeness (QED) is 0.765. The third-order valence-electron chi connectivity index (χ3n) is 5.22. The minimum atomic E-state index is -3.44. The third kappa shape index (κ3) is 1.70. The van der Waals surface area contributed by atoms with E-state index in [-0.39, 0.29) is 17.5 Å². The van der Waals surface area contributed by atoms with Crippen molar-refractivity contribution in [2.75, 3.05) is 0 Å². The molecule has 3 saturated carbocycles. The summed E-state index contributed by atoms with van der Waals surface area (Å²) in [5, 5.41) is 8.97. The smallest absolute Gasteiger partial charge is 0.242 e. The van der Waals surface area contributed by atoms with Crippen molar-refractivity contribution in [3.63, 3.8) is 0 Å². The van der Waals surface area contributed by atoms with Crippen LogP contribution in [-0.4, -0.2) is 24.6 Å². The first kappa shape index (κ1) is 11.9. The number of aliphatic hydroxyl groups excluding tert-OH is 1. The summed E-state index contributed by atoms with van der Waals surface area (Å²) in [6, 6.07) is 1.65. The van der Waals surface area contributed by atoms with Crippen LogP contribution in [0.3, 0.4) is 0 Å². The highest BCUT2D eigenvalue weighted by atomic mass is 32.2. The summed E-state index contributed by atoms with van der Waals surface area (Å²) in [5.41, 5.74) is 0.524. The van der Waals surface area contributed by atoms with Crippen LogP contribution in [0.5, 0.6) is 0 Å². The highest BCUT2D eigenvalue weighted by Crippen LogP contribution is 2.65. The number of sulfonamides is 1. The molecule has 1 heterocycles. The number of nitrogens with one attached hydrogen (secondary N) is 2. The van der Waals surface area contributed by atoms with Gasteiger partial charge in [-0.2, -0.15) is 0 Å². The summed E-state index contributed by atoms with van der Waals surface area (Å²) in [5.74, 6) is 2.68. The Morgan fingerprint density at radius 1 is 1.32 bits per heavy atom. The Kier molecular flexibility index (Phi) is 2.41. The van der Waals surface area contributed by atoms with Gasteiger partial charge in [-0.1, -0.05) is 0 Å². The molecule has 0 aromatic carbocycles. The fourth-order valence-electron chi connectivity index (χ4n) is 4.40. The average Bonchev–Trinajstić information content (AvgIpc) is 2.88. The maximum Gasteiger partial charge on any atom is 0.242 e. The molecule has 4 rings (SSSR count). The van der Waals surface area contributed by atoms with Crippen LogP contribution in [0.1, 0.15) is 25.0 Å². The van der Waals surface area contributed by atoms with E-state index in [0.717, 1.165) is 11.8 Å². The Morgan fingerprint density at radius 3 is 2.58 bits per heavy atom. The molecule has 4 unspecified atom stereocenters. The van der Waals surface area contributed by atoms with Crippen LogP contribution >= 0.6 is 0 Å². The molecule has 0 saturated heterocycles. The van der Waals surface area contributed by atoms with E-state index in [0.29, 0.717) is 17.5 Å². The molecule has 6 heteroatoms. The summed E-state index contributed by atoms with van der Waals surface area (Å²) in [6.45, 7) is -0.172. The van der Waals surface area contributed by atoms with Crippen LogP contribution in [0.2, 0.25) is 0 Å².